The Kier molecular flexibility index (Phi) is 9.19. The quantitative estimate of drug-likeness (QED) is 0.482. The summed E-state index contributed by atoms with van der Waals surface area (Å²) < 4.78 is 10.7. The first-order valence-corrected chi connectivity index (χ1v) is 9.66. The molecule has 152 valence electrons. The lowest BCUT2D eigenvalue weighted by molar-refractivity contribution is 0.0264. The van der Waals surface area contributed by atoms with Gasteiger partial charge in [0.1, 0.15) is 5.60 Å². The first-order chi connectivity index (χ1) is 12.2. The van der Waals surface area contributed by atoms with Crippen molar-refractivity contribution in [3.05, 3.63) is 0 Å². The number of guanidine groups is 1. The van der Waals surface area contributed by atoms with Crippen molar-refractivity contribution in [3.63, 3.8) is 0 Å². The Balaban J connectivity index is 2.38. The average Bonchev–Trinajstić information content (AvgIpc) is 2.53. The van der Waals surface area contributed by atoms with Crippen LogP contribution in [0.4, 0.5) is 4.79 Å². The summed E-state index contributed by atoms with van der Waals surface area (Å²) >= 11 is 0. The number of hydrogen-bond donors (Lipinski definition) is 2. The molecule has 2 N–H and O–H groups in total. The van der Waals surface area contributed by atoms with Crippen LogP contribution < -0.4 is 10.6 Å². The molecule has 0 bridgehead atoms. The zero-order valence-corrected chi connectivity index (χ0v) is 17.5. The van der Waals surface area contributed by atoms with Gasteiger partial charge in [0.25, 0.3) is 0 Å². The van der Waals surface area contributed by atoms with E-state index in [-0.39, 0.29) is 6.09 Å². The van der Waals surface area contributed by atoms with Crippen LogP contribution in [0, 0.1) is 5.41 Å². The van der Waals surface area contributed by atoms with Gasteiger partial charge in [-0.25, -0.2) is 4.79 Å². The van der Waals surface area contributed by atoms with Crippen LogP contribution in [-0.4, -0.2) is 69.5 Å². The van der Waals surface area contributed by atoms with E-state index < -0.39 is 5.60 Å². The third kappa shape index (κ3) is 7.81. The fourth-order valence-corrected chi connectivity index (χ4v) is 3.02. The van der Waals surface area contributed by atoms with Crippen molar-refractivity contribution in [1.29, 1.82) is 0 Å². The first kappa shape index (κ1) is 22.5. The Morgan fingerprint density at radius 2 is 1.96 bits per heavy atom. The number of nitrogens with one attached hydrogen (secondary N) is 2. The Labute approximate surface area is 158 Å². The molecular formula is C19H38N4O3. The summed E-state index contributed by atoms with van der Waals surface area (Å²) in [5.41, 5.74) is -0.144. The molecule has 0 atom stereocenters. The Morgan fingerprint density at radius 1 is 1.27 bits per heavy atom. The summed E-state index contributed by atoms with van der Waals surface area (Å²) in [5.74, 6) is 0.772. The number of hydrogen-bond acceptors (Lipinski definition) is 4. The fourth-order valence-electron chi connectivity index (χ4n) is 3.02. The van der Waals surface area contributed by atoms with Crippen LogP contribution in [0.25, 0.3) is 0 Å². The van der Waals surface area contributed by atoms with Crippen molar-refractivity contribution in [2.75, 3.05) is 46.9 Å². The van der Waals surface area contributed by atoms with Crippen molar-refractivity contribution in [2.45, 2.75) is 59.0 Å². The predicted octanol–water partition coefficient (Wildman–Crippen LogP) is 2.62. The third-order valence-electron chi connectivity index (χ3n) is 4.81. The van der Waals surface area contributed by atoms with Crippen LogP contribution in [0.1, 0.15) is 53.4 Å². The molecule has 0 aliphatic heterocycles. The van der Waals surface area contributed by atoms with Crippen LogP contribution in [0.15, 0.2) is 4.99 Å². The van der Waals surface area contributed by atoms with E-state index in [4.69, 9.17) is 9.47 Å². The number of amides is 1. The number of nitrogens with zero attached hydrogens (tertiary/aromatic N) is 2. The maximum atomic E-state index is 12.2. The second-order valence-corrected chi connectivity index (χ2v) is 8.01. The van der Waals surface area contributed by atoms with Gasteiger partial charge in [0, 0.05) is 46.9 Å². The molecule has 1 rings (SSSR count). The molecule has 0 aromatic heterocycles. The van der Waals surface area contributed by atoms with Crippen LogP contribution in [-0.2, 0) is 9.47 Å². The zero-order chi connectivity index (χ0) is 19.6. The highest BCUT2D eigenvalue weighted by atomic mass is 16.6. The molecule has 0 aromatic rings. The number of ether oxygens (including phenoxy) is 2. The van der Waals surface area contributed by atoms with E-state index >= 15 is 0 Å². The minimum absolute atomic E-state index is 0.280. The van der Waals surface area contributed by atoms with E-state index in [0.717, 1.165) is 25.5 Å². The number of likely N-dealkylation sites (N-methyl/N-ethyl adjacent to an activating group) is 1. The molecule has 26 heavy (non-hydrogen) atoms. The second-order valence-electron chi connectivity index (χ2n) is 8.01. The van der Waals surface area contributed by atoms with Crippen LogP contribution in [0.3, 0.4) is 0 Å². The van der Waals surface area contributed by atoms with Crippen molar-refractivity contribution in [2.24, 2.45) is 10.4 Å². The maximum Gasteiger partial charge on any atom is 0.410 e. The van der Waals surface area contributed by atoms with Gasteiger partial charge < -0.3 is 25.0 Å². The van der Waals surface area contributed by atoms with Gasteiger partial charge in [0.2, 0.25) is 0 Å². The lowest BCUT2D eigenvalue weighted by atomic mass is 9.67. The van der Waals surface area contributed by atoms with E-state index in [1.807, 2.05) is 27.7 Å². The number of methoxy groups -OCH3 is 1. The minimum atomic E-state index is -0.477. The van der Waals surface area contributed by atoms with Gasteiger partial charge >= 0.3 is 6.09 Å². The molecule has 1 amide bonds. The van der Waals surface area contributed by atoms with Gasteiger partial charge in [-0.15, -0.1) is 0 Å². The smallest absolute Gasteiger partial charge is 0.410 e. The third-order valence-corrected chi connectivity index (χ3v) is 4.81. The van der Waals surface area contributed by atoms with Gasteiger partial charge in [0.15, 0.2) is 5.96 Å². The Bertz CT molecular complexity index is 456. The molecule has 0 saturated heterocycles. The highest BCUT2D eigenvalue weighted by Crippen LogP contribution is 2.43. The predicted molar refractivity (Wildman–Crippen MR) is 106 cm³/mol. The molecule has 0 aromatic carbocycles. The molecule has 1 aliphatic rings. The summed E-state index contributed by atoms with van der Waals surface area (Å²) in [7, 11) is 3.52. The number of aliphatic imine (C=N–C) groups is 1. The van der Waals surface area contributed by atoms with Gasteiger partial charge in [-0.3, -0.25) is 4.99 Å². The zero-order valence-electron chi connectivity index (χ0n) is 17.5. The topological polar surface area (TPSA) is 75.2 Å². The standard InChI is InChI=1S/C19H38N4O3/c1-7-23(17(24)26-18(2,3)4)13-12-21-16(20-5)22-15-19(9-8-10-19)11-14-25-6/h7-15H2,1-6H3,(H2,20,21,22). The molecular weight excluding hydrogens is 332 g/mol. The molecule has 0 spiro atoms. The summed E-state index contributed by atoms with van der Waals surface area (Å²) in [4.78, 5) is 18.1. The highest BCUT2D eigenvalue weighted by Gasteiger charge is 2.36. The molecule has 7 heteroatoms. The average molecular weight is 371 g/mol. The molecule has 1 saturated carbocycles. The fraction of sp³-hybridized carbons (Fsp3) is 0.895. The van der Waals surface area contributed by atoms with Crippen molar-refractivity contribution >= 4 is 12.1 Å². The molecule has 1 aliphatic carbocycles. The summed E-state index contributed by atoms with van der Waals surface area (Å²) in [6.45, 7) is 11.1. The van der Waals surface area contributed by atoms with E-state index in [0.29, 0.717) is 25.0 Å². The number of carbonyl (C=O) groups excluding carboxylic acids is 1. The maximum absolute atomic E-state index is 12.2. The van der Waals surface area contributed by atoms with Crippen LogP contribution in [0.5, 0.6) is 0 Å². The largest absolute Gasteiger partial charge is 0.444 e. The van der Waals surface area contributed by atoms with E-state index in [1.54, 1.807) is 19.1 Å². The van der Waals surface area contributed by atoms with Crippen molar-refractivity contribution in [3.8, 4) is 0 Å². The Hall–Kier alpha value is -1.50. The van der Waals surface area contributed by atoms with E-state index in [1.165, 1.54) is 19.3 Å². The molecule has 1 fully saturated rings. The lowest BCUT2D eigenvalue weighted by Crippen LogP contribution is -2.48. The van der Waals surface area contributed by atoms with Crippen LogP contribution >= 0.6 is 0 Å². The summed E-state index contributed by atoms with van der Waals surface area (Å²) in [6.07, 6.45) is 4.57. The van der Waals surface area contributed by atoms with Gasteiger partial charge in [-0.05, 0) is 52.4 Å². The molecule has 0 radical (unpaired) electrons. The van der Waals surface area contributed by atoms with E-state index in [9.17, 15) is 4.79 Å². The minimum Gasteiger partial charge on any atom is -0.444 e. The summed E-state index contributed by atoms with van der Waals surface area (Å²) in [5, 5.41) is 6.72. The second kappa shape index (κ2) is 10.6. The SMILES string of the molecule is CCN(CCNC(=NC)NCC1(CCOC)CCC1)C(=O)OC(C)(C)C. The Morgan fingerprint density at radius 3 is 2.42 bits per heavy atom. The molecule has 0 unspecified atom stereocenters. The monoisotopic (exact) mass is 370 g/mol. The van der Waals surface area contributed by atoms with Crippen molar-refractivity contribution < 1.29 is 14.3 Å². The molecule has 0 heterocycles. The van der Waals surface area contributed by atoms with Crippen LogP contribution in [0.2, 0.25) is 0 Å². The molecule has 7 nitrogen and oxygen atoms in total. The van der Waals surface area contributed by atoms with Crippen molar-refractivity contribution in [1.82, 2.24) is 15.5 Å². The number of carbonyl (C=O) groups is 1. The number of rotatable bonds is 9. The highest BCUT2D eigenvalue weighted by molar-refractivity contribution is 5.79. The van der Waals surface area contributed by atoms with Gasteiger partial charge in [-0.2, -0.15) is 0 Å². The lowest BCUT2D eigenvalue weighted by Gasteiger charge is -2.42. The van der Waals surface area contributed by atoms with Gasteiger partial charge in [0.05, 0.1) is 0 Å². The first-order valence-electron chi connectivity index (χ1n) is 9.66. The van der Waals surface area contributed by atoms with Gasteiger partial charge in [-0.1, -0.05) is 6.42 Å². The summed E-state index contributed by atoms with van der Waals surface area (Å²) in [6, 6.07) is 0. The van der Waals surface area contributed by atoms with E-state index in [2.05, 4.69) is 15.6 Å². The normalized spacial score (nSPS) is 16.6.